The second-order valence-corrected chi connectivity index (χ2v) is 7.74. The molecule has 1 unspecified atom stereocenters. The fourth-order valence-electron chi connectivity index (χ4n) is 5.99. The maximum Gasteiger partial charge on any atom is 0.165 e. The van der Waals surface area contributed by atoms with Gasteiger partial charge >= 0.3 is 0 Å². The number of rotatable bonds is 2. The summed E-state index contributed by atoms with van der Waals surface area (Å²) in [6.45, 7) is 5.44. The number of benzene rings is 1. The Kier molecular flexibility index (Phi) is 2.79. The van der Waals surface area contributed by atoms with Gasteiger partial charge in [-0.15, -0.1) is 6.58 Å². The van der Waals surface area contributed by atoms with E-state index in [1.165, 1.54) is 0 Å². The first-order valence-electron chi connectivity index (χ1n) is 8.80. The lowest BCUT2D eigenvalue weighted by molar-refractivity contribution is -0.206. The average Bonchev–Trinajstić information content (AvgIpc) is 2.91. The summed E-state index contributed by atoms with van der Waals surface area (Å²) in [5, 5.41) is 32.8. The van der Waals surface area contributed by atoms with Gasteiger partial charge in [0, 0.05) is 18.2 Å². The molecule has 1 aromatic carbocycles. The van der Waals surface area contributed by atoms with Gasteiger partial charge in [-0.2, -0.15) is 0 Å². The maximum atomic E-state index is 11.9. The largest absolute Gasteiger partial charge is 0.504 e. The summed E-state index contributed by atoms with van der Waals surface area (Å²) in [6, 6.07) is 3.62. The number of likely N-dealkylation sites (tertiary alicyclic amines) is 1. The van der Waals surface area contributed by atoms with Gasteiger partial charge in [-0.1, -0.05) is 12.1 Å². The van der Waals surface area contributed by atoms with Gasteiger partial charge in [-0.3, -0.25) is 4.90 Å². The van der Waals surface area contributed by atoms with Crippen molar-refractivity contribution < 1.29 is 20.1 Å². The van der Waals surface area contributed by atoms with Crippen LogP contribution in [0.3, 0.4) is 0 Å². The van der Waals surface area contributed by atoms with Crippen molar-refractivity contribution in [3.63, 3.8) is 0 Å². The topological polar surface area (TPSA) is 73.2 Å². The van der Waals surface area contributed by atoms with Crippen molar-refractivity contribution in [3.8, 4) is 11.5 Å². The van der Waals surface area contributed by atoms with E-state index in [2.05, 4.69) is 11.5 Å². The zero-order valence-corrected chi connectivity index (χ0v) is 13.6. The second kappa shape index (κ2) is 4.54. The minimum atomic E-state index is -0.940. The lowest BCUT2D eigenvalue weighted by Gasteiger charge is -2.63. The summed E-state index contributed by atoms with van der Waals surface area (Å²) >= 11 is 0. The molecule has 1 spiro atoms. The zero-order chi connectivity index (χ0) is 16.7. The van der Waals surface area contributed by atoms with Crippen LogP contribution in [0.1, 0.15) is 30.4 Å². The Morgan fingerprint density at radius 3 is 3.00 bits per heavy atom. The Hall–Kier alpha value is -1.56. The monoisotopic (exact) mass is 329 g/mol. The molecule has 1 saturated heterocycles. The van der Waals surface area contributed by atoms with Crippen molar-refractivity contribution >= 4 is 0 Å². The minimum Gasteiger partial charge on any atom is -0.504 e. The molecule has 5 rings (SSSR count). The first kappa shape index (κ1) is 14.8. The Morgan fingerprint density at radius 1 is 1.38 bits per heavy atom. The predicted octanol–water partition coefficient (Wildman–Crippen LogP) is 1.09. The van der Waals surface area contributed by atoms with Crippen molar-refractivity contribution in [2.45, 2.75) is 54.9 Å². The maximum absolute atomic E-state index is 11.9. The van der Waals surface area contributed by atoms with E-state index < -0.39 is 23.2 Å². The van der Waals surface area contributed by atoms with Gasteiger partial charge in [0.15, 0.2) is 11.5 Å². The average molecular weight is 329 g/mol. The molecule has 2 heterocycles. The molecule has 2 aliphatic carbocycles. The molecule has 0 radical (unpaired) electrons. The van der Waals surface area contributed by atoms with Crippen LogP contribution in [0.4, 0.5) is 0 Å². The number of ether oxygens (including phenoxy) is 1. The summed E-state index contributed by atoms with van der Waals surface area (Å²) in [5.41, 5.74) is 0.518. The summed E-state index contributed by atoms with van der Waals surface area (Å²) in [7, 11) is 0. The highest BCUT2D eigenvalue weighted by atomic mass is 16.5. The highest BCUT2D eigenvalue weighted by Gasteiger charge is 2.72. The third-order valence-electron chi connectivity index (χ3n) is 6.91. The van der Waals surface area contributed by atoms with E-state index >= 15 is 0 Å². The van der Waals surface area contributed by atoms with Crippen LogP contribution in [0, 0.1) is 0 Å². The van der Waals surface area contributed by atoms with Gasteiger partial charge in [0.1, 0.15) is 6.10 Å². The van der Waals surface area contributed by atoms with Crippen LogP contribution >= 0.6 is 0 Å². The van der Waals surface area contributed by atoms with Crippen LogP contribution in [0.15, 0.2) is 24.8 Å². The molecule has 5 nitrogen and oxygen atoms in total. The molecule has 24 heavy (non-hydrogen) atoms. The molecule has 1 saturated carbocycles. The number of aliphatic hydroxyl groups is 2. The van der Waals surface area contributed by atoms with Crippen molar-refractivity contribution in [2.75, 3.05) is 13.1 Å². The second-order valence-electron chi connectivity index (χ2n) is 7.74. The molecule has 2 fully saturated rings. The van der Waals surface area contributed by atoms with Gasteiger partial charge in [-0.25, -0.2) is 0 Å². The van der Waals surface area contributed by atoms with Crippen LogP contribution in [-0.4, -0.2) is 57.2 Å². The Bertz CT molecular complexity index is 734. The Labute approximate surface area is 141 Å². The van der Waals surface area contributed by atoms with Crippen LogP contribution < -0.4 is 4.74 Å². The molecule has 5 atom stereocenters. The smallest absolute Gasteiger partial charge is 0.165 e. The van der Waals surface area contributed by atoms with Crippen molar-refractivity contribution in [3.05, 3.63) is 35.9 Å². The highest BCUT2D eigenvalue weighted by Crippen LogP contribution is 2.65. The van der Waals surface area contributed by atoms with E-state index in [0.717, 1.165) is 37.1 Å². The zero-order valence-electron chi connectivity index (χ0n) is 13.6. The van der Waals surface area contributed by atoms with Crippen LogP contribution in [0.5, 0.6) is 11.5 Å². The number of phenolic OH excluding ortho intramolecular Hbond substituents is 1. The molecule has 2 aliphatic heterocycles. The van der Waals surface area contributed by atoms with Gasteiger partial charge in [0.05, 0.1) is 17.1 Å². The van der Waals surface area contributed by atoms with Crippen molar-refractivity contribution in [1.82, 2.24) is 4.90 Å². The number of hydrogen-bond acceptors (Lipinski definition) is 5. The molecular formula is C19H23NO4. The van der Waals surface area contributed by atoms with Crippen LogP contribution in [0.2, 0.25) is 0 Å². The molecule has 1 aromatic rings. The number of nitrogens with zero attached hydrogens (tertiary/aromatic N) is 1. The standard InChI is InChI=1S/C19H23NO4/c1-2-8-20-9-7-18-15-11-3-4-12(21)16(15)24-17(18)13(22)5-6-19(18,23)14(20)10-11/h2-4,13-14,17,21-23H,1,5-10H2/t13?,14-,17+,18+,19-/m0/s1. The van der Waals surface area contributed by atoms with E-state index in [4.69, 9.17) is 4.74 Å². The van der Waals surface area contributed by atoms with E-state index in [-0.39, 0.29) is 11.8 Å². The normalized spacial score (nSPS) is 42.3. The Balaban J connectivity index is 1.78. The molecule has 2 bridgehead atoms. The first-order chi connectivity index (χ1) is 11.5. The number of piperidine rings is 1. The summed E-state index contributed by atoms with van der Waals surface area (Å²) < 4.78 is 6.08. The molecule has 128 valence electrons. The summed E-state index contributed by atoms with van der Waals surface area (Å²) in [4.78, 5) is 2.31. The quantitative estimate of drug-likeness (QED) is 0.709. The van der Waals surface area contributed by atoms with Gasteiger partial charge in [-0.05, 0) is 43.9 Å². The third-order valence-corrected chi connectivity index (χ3v) is 6.91. The number of hydrogen-bond donors (Lipinski definition) is 3. The number of phenols is 1. The third kappa shape index (κ3) is 1.43. The van der Waals surface area contributed by atoms with E-state index in [0.29, 0.717) is 18.6 Å². The summed E-state index contributed by atoms with van der Waals surface area (Å²) in [5.74, 6) is 0.589. The molecule has 3 N–H and O–H groups in total. The van der Waals surface area contributed by atoms with Crippen LogP contribution in [0.25, 0.3) is 0 Å². The number of aromatic hydroxyl groups is 1. The van der Waals surface area contributed by atoms with E-state index in [1.54, 1.807) is 6.07 Å². The minimum absolute atomic E-state index is 0.00848. The molecular weight excluding hydrogens is 306 g/mol. The van der Waals surface area contributed by atoms with Gasteiger partial charge in [0.2, 0.25) is 0 Å². The Morgan fingerprint density at radius 2 is 2.21 bits per heavy atom. The fraction of sp³-hybridized carbons (Fsp3) is 0.579. The SMILES string of the molecule is C=CCN1CC[C@@]23c4c5ccc(O)c4O[C@@H]2C(O)CC[C@]3(O)[C@@H]1C5. The van der Waals surface area contributed by atoms with Gasteiger partial charge in [0.25, 0.3) is 0 Å². The van der Waals surface area contributed by atoms with E-state index in [9.17, 15) is 15.3 Å². The molecule has 0 amide bonds. The van der Waals surface area contributed by atoms with E-state index in [1.807, 2.05) is 12.1 Å². The lowest BCUT2D eigenvalue weighted by Crippen LogP contribution is -2.77. The van der Waals surface area contributed by atoms with Gasteiger partial charge < -0.3 is 20.1 Å². The summed E-state index contributed by atoms with van der Waals surface area (Å²) in [6.07, 6.45) is 3.33. The number of aliphatic hydroxyl groups excluding tert-OH is 1. The van der Waals surface area contributed by atoms with Crippen molar-refractivity contribution in [1.29, 1.82) is 0 Å². The van der Waals surface area contributed by atoms with Crippen molar-refractivity contribution in [2.24, 2.45) is 0 Å². The first-order valence-corrected chi connectivity index (χ1v) is 8.80. The predicted molar refractivity (Wildman–Crippen MR) is 88.3 cm³/mol. The fourth-order valence-corrected chi connectivity index (χ4v) is 5.99. The molecule has 5 heteroatoms. The molecule has 0 aromatic heterocycles. The lowest BCUT2D eigenvalue weighted by atomic mass is 9.48. The van der Waals surface area contributed by atoms with Crippen LogP contribution in [-0.2, 0) is 11.8 Å². The highest BCUT2D eigenvalue weighted by molar-refractivity contribution is 5.62. The molecule has 4 aliphatic rings.